The number of hydrogen-bond acceptors (Lipinski definition) is 5. The lowest BCUT2D eigenvalue weighted by atomic mass is 10.6. The van der Waals surface area contributed by atoms with Gasteiger partial charge in [0, 0.05) is 0 Å². The van der Waals surface area contributed by atoms with Gasteiger partial charge in [-0.15, -0.1) is 0 Å². The zero-order valence-corrected chi connectivity index (χ0v) is 8.41. The largest absolute Gasteiger partial charge is 0.306 e. The number of nitrogens with one attached hydrogen (secondary N) is 1. The molecule has 0 saturated carbocycles. The number of isothiocyanates is 1. The van der Waals surface area contributed by atoms with Gasteiger partial charge >= 0.3 is 0 Å². The zero-order valence-electron chi connectivity index (χ0n) is 5.96. The summed E-state index contributed by atoms with van der Waals surface area (Å²) in [6.07, 6.45) is 2.04. The maximum absolute atomic E-state index is 4.44. The van der Waals surface area contributed by atoms with Gasteiger partial charge in [0.15, 0.2) is 0 Å². The third-order valence-electron chi connectivity index (χ3n) is 0.856. The number of hydrogen-bond donors (Lipinski definition) is 1. The Hall–Kier alpha value is 0.460. The maximum atomic E-state index is 4.44. The molecule has 0 amide bonds. The quantitative estimate of drug-likeness (QED) is 0.311. The van der Waals surface area contributed by atoms with Gasteiger partial charge in [-0.2, -0.15) is 0 Å². The van der Waals surface area contributed by atoms with Crippen molar-refractivity contribution in [3.05, 3.63) is 0 Å². The van der Waals surface area contributed by atoms with Gasteiger partial charge in [0.2, 0.25) is 0 Å². The van der Waals surface area contributed by atoms with Crippen molar-refractivity contribution in [1.82, 2.24) is 5.32 Å². The van der Waals surface area contributed by atoms with E-state index in [9.17, 15) is 0 Å². The van der Waals surface area contributed by atoms with E-state index in [2.05, 4.69) is 27.7 Å². The molecule has 0 heterocycles. The SMILES string of the molecule is CNC(CN=C=S)SSC. The molecular weight excluding hydrogens is 184 g/mol. The molecule has 0 aromatic rings. The van der Waals surface area contributed by atoms with Crippen molar-refractivity contribution in [2.75, 3.05) is 19.8 Å². The third kappa shape index (κ3) is 5.26. The van der Waals surface area contributed by atoms with Crippen molar-refractivity contribution in [1.29, 1.82) is 0 Å². The van der Waals surface area contributed by atoms with Crippen molar-refractivity contribution >= 4 is 39.0 Å². The third-order valence-corrected chi connectivity index (χ3v) is 3.07. The van der Waals surface area contributed by atoms with Gasteiger partial charge in [-0.05, 0) is 25.5 Å². The summed E-state index contributed by atoms with van der Waals surface area (Å²) >= 11 is 4.44. The fourth-order valence-corrected chi connectivity index (χ4v) is 2.11. The highest BCUT2D eigenvalue weighted by molar-refractivity contribution is 8.76. The minimum absolute atomic E-state index is 0.352. The Morgan fingerprint density at radius 1 is 1.80 bits per heavy atom. The molecule has 0 bridgehead atoms. The van der Waals surface area contributed by atoms with Crippen molar-refractivity contribution in [3.63, 3.8) is 0 Å². The van der Waals surface area contributed by atoms with Crippen molar-refractivity contribution in [2.45, 2.75) is 5.37 Å². The molecule has 2 nitrogen and oxygen atoms in total. The molecule has 0 aromatic heterocycles. The second-order valence-electron chi connectivity index (χ2n) is 1.47. The molecule has 1 atom stereocenters. The predicted octanol–water partition coefficient (Wildman–Crippen LogP) is 1.65. The molecule has 1 unspecified atom stereocenters. The summed E-state index contributed by atoms with van der Waals surface area (Å²) in [6, 6.07) is 0. The highest BCUT2D eigenvalue weighted by Gasteiger charge is 2.02. The normalized spacial score (nSPS) is 12.2. The fraction of sp³-hybridized carbons (Fsp3) is 0.800. The molecule has 1 N–H and O–H groups in total. The highest BCUT2D eigenvalue weighted by atomic mass is 33.1. The molecular formula is C5H10N2S3. The smallest absolute Gasteiger partial charge is 0.0840 e. The van der Waals surface area contributed by atoms with E-state index in [0.717, 1.165) is 0 Å². The number of likely N-dealkylation sites (N-methyl/N-ethyl adjacent to an activating group) is 1. The average Bonchev–Trinajstić information content (AvgIpc) is 1.98. The molecule has 5 heteroatoms. The molecule has 0 rings (SSSR count). The van der Waals surface area contributed by atoms with E-state index in [0.29, 0.717) is 11.9 Å². The fourth-order valence-electron chi connectivity index (χ4n) is 0.406. The van der Waals surface area contributed by atoms with Crippen LogP contribution in [-0.4, -0.2) is 30.4 Å². The summed E-state index contributed by atoms with van der Waals surface area (Å²) in [6.45, 7) is 0.700. The van der Waals surface area contributed by atoms with Crippen LogP contribution in [0.15, 0.2) is 4.99 Å². The van der Waals surface area contributed by atoms with E-state index in [1.807, 2.05) is 13.3 Å². The summed E-state index contributed by atoms with van der Waals surface area (Å²) in [5.74, 6) is 0. The van der Waals surface area contributed by atoms with E-state index in [1.54, 1.807) is 21.6 Å². The van der Waals surface area contributed by atoms with Crippen LogP contribution in [0.5, 0.6) is 0 Å². The first-order valence-corrected chi connectivity index (χ1v) is 5.78. The van der Waals surface area contributed by atoms with Crippen molar-refractivity contribution < 1.29 is 0 Å². The highest BCUT2D eigenvalue weighted by Crippen LogP contribution is 2.21. The molecule has 0 saturated heterocycles. The summed E-state index contributed by atoms with van der Waals surface area (Å²) in [7, 11) is 5.37. The molecule has 0 spiro atoms. The lowest BCUT2D eigenvalue weighted by Crippen LogP contribution is -2.23. The van der Waals surface area contributed by atoms with Crippen LogP contribution < -0.4 is 5.32 Å². The van der Waals surface area contributed by atoms with Gasteiger partial charge in [-0.3, -0.25) is 0 Å². The van der Waals surface area contributed by atoms with Crippen LogP contribution in [0.3, 0.4) is 0 Å². The Morgan fingerprint density at radius 2 is 2.50 bits per heavy atom. The first-order valence-electron chi connectivity index (χ1n) is 2.75. The molecule has 10 heavy (non-hydrogen) atoms. The standard InChI is InChI=1S/C5H10N2S3/c1-6-5(10-9-2)3-7-4-8/h5-6H,3H2,1-2H3. The minimum Gasteiger partial charge on any atom is -0.306 e. The summed E-state index contributed by atoms with van der Waals surface area (Å²) in [4.78, 5) is 3.83. The first kappa shape index (κ1) is 10.5. The van der Waals surface area contributed by atoms with Crippen molar-refractivity contribution in [3.8, 4) is 0 Å². The van der Waals surface area contributed by atoms with Crippen molar-refractivity contribution in [2.24, 2.45) is 4.99 Å². The van der Waals surface area contributed by atoms with Crippen LogP contribution in [0, 0.1) is 0 Å². The van der Waals surface area contributed by atoms with Crippen LogP contribution in [-0.2, 0) is 0 Å². The lowest BCUT2D eigenvalue weighted by Gasteiger charge is -2.08. The summed E-state index contributed by atoms with van der Waals surface area (Å²) < 4.78 is 0. The van der Waals surface area contributed by atoms with E-state index in [1.165, 1.54) is 0 Å². The van der Waals surface area contributed by atoms with Crippen LogP contribution in [0.4, 0.5) is 0 Å². The van der Waals surface area contributed by atoms with Crippen LogP contribution in [0.2, 0.25) is 0 Å². The Bertz CT molecular complexity index is 122. The minimum atomic E-state index is 0.352. The maximum Gasteiger partial charge on any atom is 0.0840 e. The molecule has 0 fully saturated rings. The molecule has 0 radical (unpaired) electrons. The molecule has 0 aliphatic heterocycles. The van der Waals surface area contributed by atoms with Crippen LogP contribution in [0.25, 0.3) is 0 Å². The van der Waals surface area contributed by atoms with Gasteiger partial charge in [-0.1, -0.05) is 21.6 Å². The predicted molar refractivity (Wildman–Crippen MR) is 53.8 cm³/mol. The zero-order chi connectivity index (χ0) is 7.82. The molecule has 58 valence electrons. The summed E-state index contributed by atoms with van der Waals surface area (Å²) in [5.41, 5.74) is 0. The first-order chi connectivity index (χ1) is 4.85. The van der Waals surface area contributed by atoms with E-state index >= 15 is 0 Å². The topological polar surface area (TPSA) is 24.4 Å². The van der Waals surface area contributed by atoms with Gasteiger partial charge in [-0.25, -0.2) is 4.99 Å². The van der Waals surface area contributed by atoms with E-state index < -0.39 is 0 Å². The molecule has 0 aliphatic rings. The number of rotatable bonds is 5. The lowest BCUT2D eigenvalue weighted by molar-refractivity contribution is 0.755. The van der Waals surface area contributed by atoms with Gasteiger partial charge < -0.3 is 5.32 Å². The Balaban J connectivity index is 3.48. The molecule has 0 aromatic carbocycles. The van der Waals surface area contributed by atoms with E-state index in [4.69, 9.17) is 0 Å². The second kappa shape index (κ2) is 7.57. The Labute approximate surface area is 74.6 Å². The van der Waals surface area contributed by atoms with Crippen LogP contribution >= 0.6 is 33.8 Å². The number of aliphatic imine (C=N–C) groups is 1. The Morgan fingerprint density at radius 3 is 2.90 bits per heavy atom. The second-order valence-corrected chi connectivity index (χ2v) is 4.33. The monoisotopic (exact) mass is 194 g/mol. The van der Waals surface area contributed by atoms with Crippen LogP contribution in [0.1, 0.15) is 0 Å². The number of nitrogens with zero attached hydrogens (tertiary/aromatic N) is 1. The number of thiocarbonyl (C=S) groups is 1. The molecule has 0 aliphatic carbocycles. The average molecular weight is 194 g/mol. The van der Waals surface area contributed by atoms with Gasteiger partial charge in [0.1, 0.15) is 0 Å². The summed E-state index contributed by atoms with van der Waals surface area (Å²) in [5, 5.41) is 5.79. The van der Waals surface area contributed by atoms with Gasteiger partial charge in [0.25, 0.3) is 0 Å². The Kier molecular flexibility index (Phi) is 7.91. The van der Waals surface area contributed by atoms with Gasteiger partial charge in [0.05, 0.1) is 17.1 Å². The van der Waals surface area contributed by atoms with E-state index in [-0.39, 0.29) is 0 Å².